The van der Waals surface area contributed by atoms with E-state index in [2.05, 4.69) is 32.8 Å². The lowest BCUT2D eigenvalue weighted by Crippen LogP contribution is -2.49. The van der Waals surface area contributed by atoms with Crippen LogP contribution in [0.4, 0.5) is 29.5 Å². The molecule has 5 unspecified atom stereocenters. The van der Waals surface area contributed by atoms with E-state index in [1.54, 1.807) is 12.3 Å². The minimum Gasteiger partial charge on any atom is -0.415 e. The maximum absolute atomic E-state index is 14.2. The third kappa shape index (κ3) is 6.60. The molecule has 4 N–H and O–H groups in total. The first-order valence-electron chi connectivity index (χ1n) is 12.9. The second-order valence-corrected chi connectivity index (χ2v) is 11.4. The number of carbonyl (C=O) groups is 1. The number of ether oxygens (including phenoxy) is 2. The Morgan fingerprint density at radius 3 is 2.85 bits per heavy atom. The molecule has 1 amide bonds. The van der Waals surface area contributed by atoms with Gasteiger partial charge in [0.25, 0.3) is 5.60 Å². The largest absolute Gasteiger partial charge is 0.445 e. The number of aliphatic hydroxyl groups is 1. The van der Waals surface area contributed by atoms with Gasteiger partial charge in [-0.15, -0.1) is 11.8 Å². The molecule has 5 rings (SSSR count). The summed E-state index contributed by atoms with van der Waals surface area (Å²) in [5.74, 6) is 5.72. The number of fused-ring (bicyclic) bond motifs is 1. The Labute approximate surface area is 242 Å². The molecule has 2 aliphatic heterocycles. The van der Waals surface area contributed by atoms with E-state index in [0.29, 0.717) is 44.0 Å². The number of cyclic esters (lactones) is 1. The van der Waals surface area contributed by atoms with Gasteiger partial charge in [-0.25, -0.2) is 9.59 Å². The van der Waals surface area contributed by atoms with E-state index in [4.69, 9.17) is 21.1 Å². The van der Waals surface area contributed by atoms with Crippen LogP contribution in [0.15, 0.2) is 35.3 Å². The summed E-state index contributed by atoms with van der Waals surface area (Å²) >= 11 is 7.37. The third-order valence-corrected chi connectivity index (χ3v) is 8.21. The van der Waals surface area contributed by atoms with E-state index >= 15 is 0 Å². The average Bonchev–Trinajstić information content (AvgIpc) is 3.50. The predicted molar refractivity (Wildman–Crippen MR) is 147 cm³/mol. The van der Waals surface area contributed by atoms with Gasteiger partial charge in [-0.2, -0.15) is 18.2 Å². The second kappa shape index (κ2) is 12.1. The van der Waals surface area contributed by atoms with Crippen molar-refractivity contribution in [3.05, 3.63) is 51.5 Å². The summed E-state index contributed by atoms with van der Waals surface area (Å²) in [5.41, 5.74) is -4.29. The van der Waals surface area contributed by atoms with Gasteiger partial charge in [0.2, 0.25) is 0 Å². The molecule has 1 aromatic heterocycles. The van der Waals surface area contributed by atoms with Crippen LogP contribution in [0.3, 0.4) is 0 Å². The Morgan fingerprint density at radius 2 is 2.12 bits per heavy atom. The number of nitrogens with one attached hydrogen (secondary N) is 3. The number of amides is 1. The van der Waals surface area contributed by atoms with Crippen LogP contribution in [0.2, 0.25) is 5.02 Å². The fourth-order valence-electron chi connectivity index (χ4n) is 4.60. The standard InChI is InChI=1S/C26H27ClF3N5O5S/c27-17-2-3-19-18(11-17)25(26(28,29)30,40-24(38)33-19)6-4-15-10-16(15)12-31-7-1-8-32-20-5-9-35(23(37)34-20)21-14-41-22(13-36)39-21/h2-3,5,9,11,15-16,21-22,31,36H,1,7-8,10,12-14H2,(H,33,38)(H,32,34,37). The molecule has 2 fully saturated rings. The smallest absolute Gasteiger partial charge is 0.415 e. The highest BCUT2D eigenvalue weighted by molar-refractivity contribution is 8.00. The lowest BCUT2D eigenvalue weighted by molar-refractivity contribution is -0.239. The highest BCUT2D eigenvalue weighted by atomic mass is 35.5. The Morgan fingerprint density at radius 1 is 1.29 bits per heavy atom. The van der Waals surface area contributed by atoms with Gasteiger partial charge in [0.05, 0.1) is 12.3 Å². The van der Waals surface area contributed by atoms with Gasteiger partial charge >= 0.3 is 18.0 Å². The SMILES string of the molecule is O=C1Nc2ccc(Cl)cc2C(C#CC2CC2CNCCCNc2ccn(C3CSC(CO)O3)c(=O)n2)(C(F)(F)F)O1. The number of nitrogens with zero attached hydrogens (tertiary/aromatic N) is 2. The number of rotatable bonds is 9. The summed E-state index contributed by atoms with van der Waals surface area (Å²) in [6, 6.07) is 5.46. The average molecular weight is 614 g/mol. The number of hydrogen-bond donors (Lipinski definition) is 4. The number of carbonyl (C=O) groups excluding carboxylic acids is 1. The quantitative estimate of drug-likeness (QED) is 0.248. The van der Waals surface area contributed by atoms with E-state index in [9.17, 15) is 27.9 Å². The van der Waals surface area contributed by atoms with Crippen LogP contribution in [-0.4, -0.2) is 64.4 Å². The Balaban J connectivity index is 1.08. The molecule has 3 aliphatic rings. The minimum atomic E-state index is -4.97. The molecule has 1 aromatic carbocycles. The molecule has 1 aliphatic carbocycles. The molecule has 0 radical (unpaired) electrons. The van der Waals surface area contributed by atoms with Crippen molar-refractivity contribution in [1.82, 2.24) is 14.9 Å². The van der Waals surface area contributed by atoms with Crippen LogP contribution < -0.4 is 21.6 Å². The second-order valence-electron chi connectivity index (χ2n) is 9.78. The first-order chi connectivity index (χ1) is 19.6. The summed E-state index contributed by atoms with van der Waals surface area (Å²) in [6.07, 6.45) is -3.72. The molecule has 0 bridgehead atoms. The summed E-state index contributed by atoms with van der Waals surface area (Å²) in [4.78, 5) is 28.3. The highest BCUT2D eigenvalue weighted by Gasteiger charge is 2.62. The first-order valence-corrected chi connectivity index (χ1v) is 14.3. The van der Waals surface area contributed by atoms with E-state index in [1.807, 2.05) is 0 Å². The van der Waals surface area contributed by atoms with Crippen molar-refractivity contribution >= 4 is 41.0 Å². The lowest BCUT2D eigenvalue weighted by atomic mass is 9.90. The van der Waals surface area contributed by atoms with Crippen molar-refractivity contribution in [3.63, 3.8) is 0 Å². The maximum atomic E-state index is 14.2. The number of alkyl halides is 3. The number of benzene rings is 1. The Bertz CT molecular complexity index is 1420. The summed E-state index contributed by atoms with van der Waals surface area (Å²) < 4.78 is 54.4. The maximum Gasteiger partial charge on any atom is 0.445 e. The molecule has 2 aromatic rings. The van der Waals surface area contributed by atoms with Gasteiger partial charge in [0.1, 0.15) is 17.5 Å². The number of halogens is 4. The number of thioether (sulfide) groups is 1. The minimum absolute atomic E-state index is 0.0469. The van der Waals surface area contributed by atoms with Crippen LogP contribution in [0, 0.1) is 23.7 Å². The summed E-state index contributed by atoms with van der Waals surface area (Å²) in [7, 11) is 0. The number of aliphatic hydroxyl groups excluding tert-OH is 1. The van der Waals surface area contributed by atoms with E-state index in [1.165, 1.54) is 28.5 Å². The van der Waals surface area contributed by atoms with E-state index in [0.717, 1.165) is 6.07 Å². The number of anilines is 2. The molecule has 0 spiro atoms. The van der Waals surface area contributed by atoms with Gasteiger partial charge in [0.15, 0.2) is 0 Å². The number of aromatic nitrogens is 2. The molecular formula is C26H27ClF3N5O5S. The van der Waals surface area contributed by atoms with E-state index in [-0.39, 0.29) is 40.2 Å². The van der Waals surface area contributed by atoms with Gasteiger partial charge in [-0.1, -0.05) is 17.5 Å². The van der Waals surface area contributed by atoms with Gasteiger partial charge < -0.3 is 25.2 Å². The van der Waals surface area contributed by atoms with Crippen molar-refractivity contribution in [2.75, 3.05) is 42.6 Å². The summed E-state index contributed by atoms with van der Waals surface area (Å²) in [5, 5.41) is 17.9. The molecular weight excluding hydrogens is 587 g/mol. The predicted octanol–water partition coefficient (Wildman–Crippen LogP) is 3.53. The Hall–Kier alpha value is -2.96. The molecule has 41 heavy (non-hydrogen) atoms. The zero-order chi connectivity index (χ0) is 29.2. The van der Waals surface area contributed by atoms with Crippen molar-refractivity contribution in [2.24, 2.45) is 11.8 Å². The molecule has 1 saturated carbocycles. The molecule has 3 heterocycles. The molecule has 220 valence electrons. The monoisotopic (exact) mass is 613 g/mol. The van der Waals surface area contributed by atoms with Crippen LogP contribution in [0.1, 0.15) is 24.6 Å². The lowest BCUT2D eigenvalue weighted by Gasteiger charge is -2.35. The Kier molecular flexibility index (Phi) is 8.72. The van der Waals surface area contributed by atoms with Crippen LogP contribution >= 0.6 is 23.4 Å². The fraction of sp³-hybridized carbons (Fsp3) is 0.500. The molecule has 10 nitrogen and oxygen atoms in total. The zero-order valence-electron chi connectivity index (χ0n) is 21.5. The highest BCUT2D eigenvalue weighted by Crippen LogP contribution is 2.48. The van der Waals surface area contributed by atoms with Gasteiger partial charge in [-0.05, 0) is 62.0 Å². The van der Waals surface area contributed by atoms with Crippen molar-refractivity contribution in [1.29, 1.82) is 0 Å². The zero-order valence-corrected chi connectivity index (χ0v) is 23.1. The fourth-order valence-corrected chi connectivity index (χ4v) is 5.70. The van der Waals surface area contributed by atoms with Crippen molar-refractivity contribution < 1.29 is 32.5 Å². The topological polar surface area (TPSA) is 127 Å². The summed E-state index contributed by atoms with van der Waals surface area (Å²) in [6.45, 7) is 1.64. The van der Waals surface area contributed by atoms with Crippen LogP contribution in [0.5, 0.6) is 0 Å². The molecule has 5 atom stereocenters. The van der Waals surface area contributed by atoms with Crippen molar-refractivity contribution in [3.8, 4) is 11.8 Å². The van der Waals surface area contributed by atoms with Gasteiger partial charge in [0, 0.05) is 35.0 Å². The number of hydrogen-bond acceptors (Lipinski definition) is 9. The van der Waals surface area contributed by atoms with Crippen molar-refractivity contribution in [2.45, 2.75) is 36.3 Å². The van der Waals surface area contributed by atoms with Crippen LogP contribution in [0.25, 0.3) is 0 Å². The first kappa shape index (κ1) is 29.5. The van der Waals surface area contributed by atoms with E-state index < -0.39 is 29.8 Å². The van der Waals surface area contributed by atoms with Crippen LogP contribution in [-0.2, 0) is 15.1 Å². The normalized spacial score (nSPS) is 26.8. The van der Waals surface area contributed by atoms with Gasteiger partial charge in [-0.3, -0.25) is 9.88 Å². The third-order valence-electron chi connectivity index (χ3n) is 6.86. The molecule has 1 saturated heterocycles. The molecule has 15 heteroatoms.